The monoisotopic (exact) mass is 474 g/mol. The first kappa shape index (κ1) is 29.4. The molecule has 0 spiro atoms. The number of hydrogen-bond donors (Lipinski definition) is 1. The molecular formula is C23H38O10. The second kappa shape index (κ2) is 23.5. The molecule has 0 heterocycles. The Bertz CT molecular complexity index is 541. The van der Waals surface area contributed by atoms with Crippen LogP contribution in [0, 0.1) is 0 Å². The Kier molecular flexibility index (Phi) is 21.0. The third-order valence-electron chi connectivity index (χ3n) is 3.98. The molecule has 0 aliphatic heterocycles. The molecule has 190 valence electrons. The van der Waals surface area contributed by atoms with Gasteiger partial charge in [-0.1, -0.05) is 0 Å². The second-order valence-electron chi connectivity index (χ2n) is 6.55. The molecular weight excluding hydrogens is 436 g/mol. The molecule has 10 nitrogen and oxygen atoms in total. The maximum Gasteiger partial charge on any atom is 0.150 e. The van der Waals surface area contributed by atoms with Crippen molar-refractivity contribution in [1.29, 1.82) is 0 Å². The van der Waals surface area contributed by atoms with Crippen LogP contribution in [-0.4, -0.2) is 117 Å². The van der Waals surface area contributed by atoms with E-state index in [0.29, 0.717) is 110 Å². The van der Waals surface area contributed by atoms with E-state index in [1.165, 1.54) is 0 Å². The molecule has 1 rings (SSSR count). The highest BCUT2D eigenvalue weighted by atomic mass is 16.6. The van der Waals surface area contributed by atoms with E-state index in [1.807, 2.05) is 0 Å². The first-order valence-corrected chi connectivity index (χ1v) is 11.2. The number of rotatable bonds is 25. The Morgan fingerprint density at radius 2 is 0.848 bits per heavy atom. The summed E-state index contributed by atoms with van der Waals surface area (Å²) in [5, 5.41) is 8.54. The van der Waals surface area contributed by atoms with Gasteiger partial charge in [-0.2, -0.15) is 0 Å². The molecule has 0 bridgehead atoms. The van der Waals surface area contributed by atoms with Crippen molar-refractivity contribution in [1.82, 2.24) is 0 Å². The summed E-state index contributed by atoms with van der Waals surface area (Å²) in [4.78, 5) is 10.6. The van der Waals surface area contributed by atoms with Crippen molar-refractivity contribution in [2.24, 2.45) is 0 Å². The summed E-state index contributed by atoms with van der Waals surface area (Å²) in [5.41, 5.74) is 0.619. The lowest BCUT2D eigenvalue weighted by Crippen LogP contribution is -2.15. The minimum absolute atomic E-state index is 0.0255. The number of ether oxygens (including phenoxy) is 8. The fourth-order valence-corrected chi connectivity index (χ4v) is 2.35. The lowest BCUT2D eigenvalue weighted by Gasteiger charge is -2.09. The van der Waals surface area contributed by atoms with Gasteiger partial charge in [0.1, 0.15) is 18.6 Å². The lowest BCUT2D eigenvalue weighted by molar-refractivity contribution is -0.0221. The van der Waals surface area contributed by atoms with Crippen LogP contribution in [0.2, 0.25) is 0 Å². The van der Waals surface area contributed by atoms with Crippen LogP contribution in [0.3, 0.4) is 0 Å². The normalized spacial score (nSPS) is 11.1. The first-order chi connectivity index (χ1) is 16.4. The number of aliphatic hydroxyl groups excluding tert-OH is 1. The Morgan fingerprint density at radius 3 is 1.18 bits per heavy atom. The van der Waals surface area contributed by atoms with Crippen molar-refractivity contribution < 1.29 is 47.8 Å². The fourth-order valence-electron chi connectivity index (χ4n) is 2.35. The maximum absolute atomic E-state index is 10.6. The molecule has 0 aliphatic carbocycles. The molecule has 0 saturated heterocycles. The highest BCUT2D eigenvalue weighted by Gasteiger charge is 1.96. The Balaban J connectivity index is 1.69. The van der Waals surface area contributed by atoms with E-state index < -0.39 is 0 Å². The van der Waals surface area contributed by atoms with Crippen molar-refractivity contribution in [3.05, 3.63) is 29.8 Å². The van der Waals surface area contributed by atoms with Crippen molar-refractivity contribution in [2.75, 3.05) is 106 Å². The zero-order valence-corrected chi connectivity index (χ0v) is 19.3. The summed E-state index contributed by atoms with van der Waals surface area (Å²) >= 11 is 0. The first-order valence-electron chi connectivity index (χ1n) is 11.2. The number of hydrogen-bond acceptors (Lipinski definition) is 10. The predicted molar refractivity (Wildman–Crippen MR) is 120 cm³/mol. The van der Waals surface area contributed by atoms with E-state index in [9.17, 15) is 4.79 Å². The Morgan fingerprint density at radius 1 is 0.515 bits per heavy atom. The lowest BCUT2D eigenvalue weighted by atomic mass is 10.2. The quantitative estimate of drug-likeness (QED) is 0.163. The summed E-state index contributed by atoms with van der Waals surface area (Å²) in [6, 6.07) is 6.92. The van der Waals surface area contributed by atoms with Gasteiger partial charge in [-0.3, -0.25) is 4.79 Å². The molecule has 0 atom stereocenters. The SMILES string of the molecule is O=Cc1ccc(OCCOCCOCCOCCOCCOCCOCCOCCO)cc1. The third kappa shape index (κ3) is 19.5. The number of aldehydes is 1. The summed E-state index contributed by atoms with van der Waals surface area (Å²) < 4.78 is 42.9. The van der Waals surface area contributed by atoms with Crippen LogP contribution in [0.15, 0.2) is 24.3 Å². The third-order valence-corrected chi connectivity index (χ3v) is 3.98. The average Bonchev–Trinajstić information content (AvgIpc) is 2.85. The average molecular weight is 475 g/mol. The molecule has 0 fully saturated rings. The zero-order chi connectivity index (χ0) is 23.7. The van der Waals surface area contributed by atoms with Crippen LogP contribution in [0.4, 0.5) is 0 Å². The van der Waals surface area contributed by atoms with Gasteiger partial charge in [0.05, 0.1) is 99.1 Å². The number of benzene rings is 1. The molecule has 1 aromatic rings. The van der Waals surface area contributed by atoms with Crippen LogP contribution >= 0.6 is 0 Å². The van der Waals surface area contributed by atoms with Gasteiger partial charge in [0, 0.05) is 5.56 Å². The minimum atomic E-state index is 0.0255. The van der Waals surface area contributed by atoms with E-state index in [0.717, 1.165) is 6.29 Å². The van der Waals surface area contributed by atoms with E-state index in [2.05, 4.69) is 0 Å². The largest absolute Gasteiger partial charge is 0.491 e. The molecule has 0 aliphatic rings. The molecule has 0 unspecified atom stereocenters. The highest BCUT2D eigenvalue weighted by Crippen LogP contribution is 2.10. The molecule has 10 heteroatoms. The summed E-state index contributed by atoms with van der Waals surface area (Å²) in [7, 11) is 0. The van der Waals surface area contributed by atoms with Gasteiger partial charge in [0.25, 0.3) is 0 Å². The molecule has 0 aromatic heterocycles. The number of aliphatic hydroxyl groups is 1. The van der Waals surface area contributed by atoms with Crippen LogP contribution in [-0.2, 0) is 33.2 Å². The van der Waals surface area contributed by atoms with Gasteiger partial charge in [0.2, 0.25) is 0 Å². The topological polar surface area (TPSA) is 111 Å². The van der Waals surface area contributed by atoms with Crippen LogP contribution in [0.5, 0.6) is 5.75 Å². The van der Waals surface area contributed by atoms with E-state index in [1.54, 1.807) is 24.3 Å². The molecule has 1 N–H and O–H groups in total. The molecule has 0 amide bonds. The molecule has 33 heavy (non-hydrogen) atoms. The van der Waals surface area contributed by atoms with Crippen LogP contribution in [0.25, 0.3) is 0 Å². The summed E-state index contributed by atoms with van der Waals surface area (Å²) in [6.45, 7) is 7.21. The van der Waals surface area contributed by atoms with Crippen LogP contribution < -0.4 is 4.74 Å². The van der Waals surface area contributed by atoms with Crippen molar-refractivity contribution >= 4 is 6.29 Å². The van der Waals surface area contributed by atoms with Crippen molar-refractivity contribution in [2.45, 2.75) is 0 Å². The Labute approximate surface area is 195 Å². The summed E-state index contributed by atoms with van der Waals surface area (Å²) in [5.74, 6) is 0.705. The van der Waals surface area contributed by atoms with Gasteiger partial charge >= 0.3 is 0 Å². The standard InChI is InChI=1S/C23H38O10/c24-5-6-26-7-8-27-9-10-28-11-12-29-13-14-30-15-16-31-17-18-32-19-20-33-23-3-1-22(21-25)2-4-23/h1-4,21,24H,5-20H2. The van der Waals surface area contributed by atoms with Crippen LogP contribution in [0.1, 0.15) is 10.4 Å². The van der Waals surface area contributed by atoms with Gasteiger partial charge in [0.15, 0.2) is 0 Å². The minimum Gasteiger partial charge on any atom is -0.491 e. The number of carbonyl (C=O) groups excluding carboxylic acids is 1. The molecule has 1 aromatic carbocycles. The van der Waals surface area contributed by atoms with Gasteiger partial charge < -0.3 is 43.0 Å². The molecule has 0 radical (unpaired) electrons. The number of carbonyl (C=O) groups is 1. The maximum atomic E-state index is 10.6. The van der Waals surface area contributed by atoms with Gasteiger partial charge in [-0.05, 0) is 24.3 Å². The van der Waals surface area contributed by atoms with Gasteiger partial charge in [-0.15, -0.1) is 0 Å². The van der Waals surface area contributed by atoms with Gasteiger partial charge in [-0.25, -0.2) is 0 Å². The van der Waals surface area contributed by atoms with Crippen molar-refractivity contribution in [3.63, 3.8) is 0 Å². The second-order valence-corrected chi connectivity index (χ2v) is 6.55. The predicted octanol–water partition coefficient (Wildman–Crippen LogP) is 0.986. The Hall–Kier alpha value is -1.63. The highest BCUT2D eigenvalue weighted by molar-refractivity contribution is 5.74. The zero-order valence-electron chi connectivity index (χ0n) is 19.3. The van der Waals surface area contributed by atoms with E-state index in [-0.39, 0.29) is 6.61 Å². The smallest absolute Gasteiger partial charge is 0.150 e. The fraction of sp³-hybridized carbons (Fsp3) is 0.696. The van der Waals surface area contributed by atoms with Crippen molar-refractivity contribution in [3.8, 4) is 5.75 Å². The van der Waals surface area contributed by atoms with E-state index in [4.69, 9.17) is 43.0 Å². The van der Waals surface area contributed by atoms with E-state index >= 15 is 0 Å². The molecule has 0 saturated carbocycles. The summed E-state index contributed by atoms with van der Waals surface area (Å²) in [6.07, 6.45) is 0.796.